The van der Waals surface area contributed by atoms with Crippen molar-refractivity contribution in [2.75, 3.05) is 26.3 Å². The number of benzene rings is 1. The van der Waals surface area contributed by atoms with Gasteiger partial charge in [0.25, 0.3) is 17.4 Å². The molecule has 33 heavy (non-hydrogen) atoms. The average Bonchev–Trinajstić information content (AvgIpc) is 3.16. The van der Waals surface area contributed by atoms with Gasteiger partial charge in [0.2, 0.25) is 0 Å². The predicted molar refractivity (Wildman–Crippen MR) is 116 cm³/mol. The number of aryl methyl sites for hydroxylation is 1. The monoisotopic (exact) mass is 458 g/mol. The molecule has 2 fully saturated rings. The first-order valence-corrected chi connectivity index (χ1v) is 10.9. The number of aliphatic hydroxyl groups excluding tert-OH is 1. The van der Waals surface area contributed by atoms with Crippen molar-refractivity contribution in [2.45, 2.75) is 31.9 Å². The zero-order chi connectivity index (χ0) is 23.6. The number of hydrogen-bond donors (Lipinski definition) is 2. The molecule has 2 aromatic rings. The van der Waals surface area contributed by atoms with Gasteiger partial charge in [-0.3, -0.25) is 14.4 Å². The molecule has 9 nitrogen and oxygen atoms in total. The van der Waals surface area contributed by atoms with Crippen LogP contribution in [0, 0.1) is 11.2 Å². The van der Waals surface area contributed by atoms with Crippen LogP contribution in [-0.2, 0) is 18.4 Å². The Morgan fingerprint density at radius 1 is 1.33 bits per heavy atom. The van der Waals surface area contributed by atoms with Crippen LogP contribution < -0.4 is 10.9 Å². The number of aromatic nitrogens is 2. The zero-order valence-corrected chi connectivity index (χ0v) is 18.4. The number of ether oxygens (including phenoxy) is 1. The molecule has 176 valence electrons. The molecule has 1 unspecified atom stereocenters. The third-order valence-corrected chi connectivity index (χ3v) is 6.64. The second-order valence-corrected chi connectivity index (χ2v) is 8.80. The Kier molecular flexibility index (Phi) is 6.57. The van der Waals surface area contributed by atoms with Crippen LogP contribution in [0.25, 0.3) is 0 Å². The minimum absolute atomic E-state index is 0.0710. The zero-order valence-electron chi connectivity index (χ0n) is 18.4. The van der Waals surface area contributed by atoms with E-state index >= 15 is 0 Å². The van der Waals surface area contributed by atoms with Gasteiger partial charge in [-0.05, 0) is 36.8 Å². The van der Waals surface area contributed by atoms with E-state index in [0.717, 1.165) is 18.9 Å². The Balaban J connectivity index is 1.55. The first-order chi connectivity index (χ1) is 15.8. The van der Waals surface area contributed by atoms with E-state index in [9.17, 15) is 23.9 Å². The fraction of sp³-hybridized carbons (Fsp3) is 0.478. The van der Waals surface area contributed by atoms with Crippen molar-refractivity contribution in [3.8, 4) is 0 Å². The second kappa shape index (κ2) is 9.40. The summed E-state index contributed by atoms with van der Waals surface area (Å²) in [6.07, 6.45) is 4.81. The molecule has 0 radical (unpaired) electrons. The topological polar surface area (TPSA) is 114 Å². The molecule has 10 heteroatoms. The number of amides is 2. The van der Waals surface area contributed by atoms with Crippen molar-refractivity contribution >= 4 is 11.8 Å². The van der Waals surface area contributed by atoms with Crippen LogP contribution in [0.4, 0.5) is 4.39 Å². The number of aliphatic hydroxyl groups is 1. The summed E-state index contributed by atoms with van der Waals surface area (Å²) in [6.45, 7) is 1.39. The molecule has 1 spiro atoms. The van der Waals surface area contributed by atoms with Gasteiger partial charge in [-0.25, -0.2) is 9.37 Å². The van der Waals surface area contributed by atoms with Crippen LogP contribution in [0.3, 0.4) is 0 Å². The molecular weight excluding hydrogens is 431 g/mol. The van der Waals surface area contributed by atoms with E-state index in [-0.39, 0.29) is 40.6 Å². The number of nitrogens with one attached hydrogen (secondary N) is 1. The van der Waals surface area contributed by atoms with Crippen LogP contribution in [-0.4, -0.2) is 63.7 Å². The summed E-state index contributed by atoms with van der Waals surface area (Å²) in [5.41, 5.74) is -0.348. The van der Waals surface area contributed by atoms with Crippen molar-refractivity contribution < 1.29 is 23.8 Å². The summed E-state index contributed by atoms with van der Waals surface area (Å²) < 4.78 is 20.9. The Hall–Kier alpha value is -3.11. The summed E-state index contributed by atoms with van der Waals surface area (Å²) in [5.74, 6) is -1.53. The van der Waals surface area contributed by atoms with Gasteiger partial charge in [-0.1, -0.05) is 6.07 Å². The van der Waals surface area contributed by atoms with Crippen LogP contribution in [0.5, 0.6) is 0 Å². The van der Waals surface area contributed by atoms with Crippen molar-refractivity contribution in [1.82, 2.24) is 19.8 Å². The highest BCUT2D eigenvalue weighted by molar-refractivity contribution is 5.95. The molecule has 1 atom stereocenters. The molecule has 0 bridgehead atoms. The molecule has 3 heterocycles. The van der Waals surface area contributed by atoms with Gasteiger partial charge in [-0.2, -0.15) is 0 Å². The minimum Gasteiger partial charge on any atom is -0.392 e. The summed E-state index contributed by atoms with van der Waals surface area (Å²) in [6, 6.07) is 3.72. The highest BCUT2D eigenvalue weighted by Crippen LogP contribution is 2.43. The Bertz CT molecular complexity index is 1110. The lowest BCUT2D eigenvalue weighted by atomic mass is 9.78. The normalized spacial score (nSPS) is 19.6. The Labute approximate surface area is 190 Å². The van der Waals surface area contributed by atoms with E-state index in [2.05, 4.69) is 10.3 Å². The number of nitrogens with zero attached hydrogens (tertiary/aromatic N) is 3. The average molecular weight is 458 g/mol. The molecule has 2 aliphatic rings. The van der Waals surface area contributed by atoms with Crippen LogP contribution in [0.1, 0.15) is 45.5 Å². The molecular formula is C23H27FN4O5. The molecule has 0 aliphatic carbocycles. The quantitative estimate of drug-likeness (QED) is 0.687. The lowest BCUT2D eigenvalue weighted by Crippen LogP contribution is -2.44. The van der Waals surface area contributed by atoms with Crippen molar-refractivity contribution in [3.05, 3.63) is 63.6 Å². The third-order valence-electron chi connectivity index (χ3n) is 6.64. The number of carbonyl (C=O) groups is 2. The highest BCUT2D eigenvalue weighted by atomic mass is 19.1. The predicted octanol–water partition coefficient (Wildman–Crippen LogP) is 0.853. The fourth-order valence-electron chi connectivity index (χ4n) is 4.69. The maximum Gasteiger partial charge on any atom is 0.265 e. The van der Waals surface area contributed by atoms with Gasteiger partial charge < -0.3 is 24.6 Å². The molecule has 0 saturated carbocycles. The van der Waals surface area contributed by atoms with Gasteiger partial charge in [0, 0.05) is 56.7 Å². The van der Waals surface area contributed by atoms with Gasteiger partial charge in [0.1, 0.15) is 11.4 Å². The van der Waals surface area contributed by atoms with Crippen LogP contribution in [0.2, 0.25) is 0 Å². The van der Waals surface area contributed by atoms with Gasteiger partial charge in [0.15, 0.2) is 0 Å². The smallest absolute Gasteiger partial charge is 0.265 e. The molecule has 2 saturated heterocycles. The lowest BCUT2D eigenvalue weighted by Gasteiger charge is -2.33. The van der Waals surface area contributed by atoms with E-state index < -0.39 is 23.9 Å². The standard InChI is InChI=1S/C23H27FN4O5/c1-27-14-25-11-18(22(27)32)20(30)26-10-17-9-23(4-6-33-7-5-23)13-28(17)21(31)15-2-3-16(12-29)19(24)8-15/h2-3,8,11,14,17,29H,4-7,9-10,12-13H2,1H3,(H,26,30). The molecule has 2 amide bonds. The fourth-order valence-corrected chi connectivity index (χ4v) is 4.69. The Morgan fingerprint density at radius 2 is 2.09 bits per heavy atom. The van der Waals surface area contributed by atoms with Gasteiger partial charge in [0.05, 0.1) is 12.9 Å². The number of rotatable bonds is 5. The van der Waals surface area contributed by atoms with Crippen LogP contribution in [0.15, 0.2) is 35.5 Å². The van der Waals surface area contributed by atoms with E-state index in [1.807, 2.05) is 0 Å². The lowest BCUT2D eigenvalue weighted by molar-refractivity contribution is 0.0190. The summed E-state index contributed by atoms with van der Waals surface area (Å²) in [5, 5.41) is 12.0. The Morgan fingerprint density at radius 3 is 2.79 bits per heavy atom. The van der Waals surface area contributed by atoms with E-state index in [0.29, 0.717) is 26.2 Å². The first-order valence-electron chi connectivity index (χ1n) is 10.9. The number of likely N-dealkylation sites (tertiary alicyclic amines) is 1. The largest absolute Gasteiger partial charge is 0.392 e. The number of carbonyl (C=O) groups excluding carboxylic acids is 2. The first kappa shape index (κ1) is 23.1. The van der Waals surface area contributed by atoms with Crippen molar-refractivity contribution in [1.29, 1.82) is 0 Å². The number of hydrogen-bond acceptors (Lipinski definition) is 6. The molecule has 4 rings (SSSR count). The SMILES string of the molecule is Cn1cncc(C(=O)NCC2CC3(CCOCC3)CN2C(=O)c2ccc(CO)c(F)c2)c1=O. The van der Waals surface area contributed by atoms with E-state index in [4.69, 9.17) is 4.74 Å². The molecule has 2 aliphatic heterocycles. The van der Waals surface area contributed by atoms with Gasteiger partial charge >= 0.3 is 0 Å². The van der Waals surface area contributed by atoms with Crippen molar-refractivity contribution in [3.63, 3.8) is 0 Å². The number of halogens is 1. The third kappa shape index (κ3) is 4.67. The summed E-state index contributed by atoms with van der Waals surface area (Å²) in [4.78, 5) is 43.8. The molecule has 1 aromatic carbocycles. The molecule has 2 N–H and O–H groups in total. The van der Waals surface area contributed by atoms with E-state index in [1.54, 1.807) is 4.90 Å². The summed E-state index contributed by atoms with van der Waals surface area (Å²) >= 11 is 0. The minimum atomic E-state index is -0.638. The maximum absolute atomic E-state index is 14.2. The van der Waals surface area contributed by atoms with Crippen LogP contribution >= 0.6 is 0 Å². The maximum atomic E-state index is 14.2. The second-order valence-electron chi connectivity index (χ2n) is 8.80. The highest BCUT2D eigenvalue weighted by Gasteiger charge is 2.46. The summed E-state index contributed by atoms with van der Waals surface area (Å²) in [7, 11) is 1.51. The van der Waals surface area contributed by atoms with Crippen molar-refractivity contribution in [2.24, 2.45) is 12.5 Å². The van der Waals surface area contributed by atoms with Gasteiger partial charge in [-0.15, -0.1) is 0 Å². The van der Waals surface area contributed by atoms with E-state index in [1.165, 1.54) is 36.3 Å². The molecule has 1 aromatic heterocycles.